The maximum atomic E-state index is 13.3. The second-order valence-electron chi connectivity index (χ2n) is 10.0. The number of piperidine rings is 2. The van der Waals surface area contributed by atoms with Crippen molar-refractivity contribution in [1.29, 1.82) is 0 Å². The summed E-state index contributed by atoms with van der Waals surface area (Å²) in [4.78, 5) is 23.2. The third kappa shape index (κ3) is 4.33. The molecule has 0 saturated carbocycles. The molecule has 4 aliphatic rings. The molecule has 3 aliphatic heterocycles. The first kappa shape index (κ1) is 21.9. The minimum atomic E-state index is 0.0152. The number of likely N-dealkylation sites (tertiary alicyclic amines) is 2. The maximum absolute atomic E-state index is 13.3. The average Bonchev–Trinajstić information content (AvgIpc) is 3.14. The number of ether oxygens (including phenoxy) is 1. The van der Waals surface area contributed by atoms with Gasteiger partial charge >= 0.3 is 0 Å². The number of carbonyl (C=O) groups is 1. The van der Waals surface area contributed by atoms with Gasteiger partial charge in [0.1, 0.15) is 0 Å². The Hall–Kier alpha value is -1.89. The minimum absolute atomic E-state index is 0.0152. The highest BCUT2D eigenvalue weighted by atomic mass is 16.6. The number of nitrogens with one attached hydrogen (secondary N) is 1. The highest BCUT2D eigenvalue weighted by molar-refractivity contribution is 5.80. The van der Waals surface area contributed by atoms with E-state index in [0.29, 0.717) is 5.91 Å². The summed E-state index contributed by atoms with van der Waals surface area (Å²) in [6.07, 6.45) is 8.68. The minimum Gasteiger partial charge on any atom is -0.381 e. The Bertz CT molecular complexity index is 832. The van der Waals surface area contributed by atoms with E-state index in [1.165, 1.54) is 30.5 Å². The summed E-state index contributed by atoms with van der Waals surface area (Å²) in [5, 5.41) is 0. The maximum Gasteiger partial charge on any atom is 0.225 e. The number of hydrogen-bond acceptors (Lipinski definition) is 5. The third-order valence-electron chi connectivity index (χ3n) is 8.15. The molecule has 1 spiro atoms. The van der Waals surface area contributed by atoms with Gasteiger partial charge in [-0.15, -0.1) is 0 Å². The van der Waals surface area contributed by atoms with Gasteiger partial charge in [-0.25, -0.2) is 0 Å². The molecule has 3 saturated heterocycles. The summed E-state index contributed by atoms with van der Waals surface area (Å²) in [6, 6.07) is 8.60. The number of nitrogens with zero attached hydrogens (tertiary/aromatic N) is 2. The molecular formula is C26H37N3O3. The summed E-state index contributed by atoms with van der Waals surface area (Å²) in [6.45, 7) is 6.82. The summed E-state index contributed by atoms with van der Waals surface area (Å²) in [7, 11) is 1.66. The number of hydrogen-bond donors (Lipinski definition) is 1. The lowest BCUT2D eigenvalue weighted by molar-refractivity contribution is -0.138. The molecule has 5 rings (SSSR count). The van der Waals surface area contributed by atoms with E-state index in [9.17, 15) is 4.79 Å². The van der Waals surface area contributed by atoms with Gasteiger partial charge in [-0.3, -0.25) is 15.1 Å². The zero-order valence-electron chi connectivity index (χ0n) is 19.4. The number of fused-ring (bicyclic) bond motifs is 2. The van der Waals surface area contributed by atoms with Gasteiger partial charge in [0.25, 0.3) is 0 Å². The van der Waals surface area contributed by atoms with Crippen LogP contribution in [-0.2, 0) is 19.8 Å². The van der Waals surface area contributed by atoms with E-state index in [-0.39, 0.29) is 11.3 Å². The molecule has 3 heterocycles. The van der Waals surface area contributed by atoms with Crippen LogP contribution in [0.15, 0.2) is 30.3 Å². The van der Waals surface area contributed by atoms with Crippen molar-refractivity contribution in [1.82, 2.24) is 15.3 Å². The zero-order chi connectivity index (χ0) is 22.0. The number of amides is 1. The van der Waals surface area contributed by atoms with Gasteiger partial charge in [-0.05, 0) is 69.2 Å². The summed E-state index contributed by atoms with van der Waals surface area (Å²) in [5.41, 5.74) is 6.73. The van der Waals surface area contributed by atoms with Crippen LogP contribution in [-0.4, -0.2) is 68.8 Å². The highest BCUT2D eigenvalue weighted by Crippen LogP contribution is 2.46. The molecule has 32 heavy (non-hydrogen) atoms. The van der Waals surface area contributed by atoms with Crippen LogP contribution in [0, 0.1) is 11.8 Å². The summed E-state index contributed by atoms with van der Waals surface area (Å²) in [5.74, 6) is 1.36. The predicted molar refractivity (Wildman–Crippen MR) is 125 cm³/mol. The number of allylic oxidation sites excluding steroid dienone is 1. The Labute approximate surface area is 191 Å². The van der Waals surface area contributed by atoms with E-state index in [0.717, 1.165) is 76.7 Å². The molecule has 6 nitrogen and oxygen atoms in total. The first-order valence-electron chi connectivity index (χ1n) is 12.4. The second kappa shape index (κ2) is 9.54. The van der Waals surface area contributed by atoms with Crippen molar-refractivity contribution in [3.8, 4) is 0 Å². The van der Waals surface area contributed by atoms with Crippen LogP contribution >= 0.6 is 0 Å². The van der Waals surface area contributed by atoms with Crippen LogP contribution in [0.1, 0.15) is 49.7 Å². The van der Waals surface area contributed by atoms with Crippen LogP contribution in [0.5, 0.6) is 0 Å². The SMILES string of the molecule is CONC1=CC2(CCN(C(=O)C3CCN(CC4CCOCC4)CC3)CC2)c2ccccc21. The molecule has 1 aromatic rings. The molecule has 1 amide bonds. The number of benzene rings is 1. The fourth-order valence-corrected chi connectivity index (χ4v) is 6.23. The van der Waals surface area contributed by atoms with Crippen LogP contribution in [0.3, 0.4) is 0 Å². The molecule has 0 radical (unpaired) electrons. The second-order valence-corrected chi connectivity index (χ2v) is 10.0. The Kier molecular flexibility index (Phi) is 6.54. The fraction of sp³-hybridized carbons (Fsp3) is 0.654. The zero-order valence-corrected chi connectivity index (χ0v) is 19.4. The molecular weight excluding hydrogens is 402 g/mol. The smallest absolute Gasteiger partial charge is 0.225 e. The lowest BCUT2D eigenvalue weighted by Gasteiger charge is -2.41. The van der Waals surface area contributed by atoms with Crippen molar-refractivity contribution in [3.63, 3.8) is 0 Å². The van der Waals surface area contributed by atoms with Crippen molar-refractivity contribution < 1.29 is 14.4 Å². The molecule has 3 fully saturated rings. The van der Waals surface area contributed by atoms with Crippen LogP contribution in [0.2, 0.25) is 0 Å². The normalized spacial score (nSPS) is 24.4. The van der Waals surface area contributed by atoms with Crippen molar-refractivity contribution >= 4 is 11.6 Å². The summed E-state index contributed by atoms with van der Waals surface area (Å²) >= 11 is 0. The Morgan fingerprint density at radius 2 is 1.81 bits per heavy atom. The fourth-order valence-electron chi connectivity index (χ4n) is 6.23. The lowest BCUT2D eigenvalue weighted by Crippen LogP contribution is -2.48. The highest BCUT2D eigenvalue weighted by Gasteiger charge is 2.42. The van der Waals surface area contributed by atoms with Gasteiger partial charge in [0.05, 0.1) is 12.8 Å². The Morgan fingerprint density at radius 1 is 1.09 bits per heavy atom. The quantitative estimate of drug-likeness (QED) is 0.714. The predicted octanol–water partition coefficient (Wildman–Crippen LogP) is 3.19. The van der Waals surface area contributed by atoms with Gasteiger partial charge in [0.2, 0.25) is 5.91 Å². The first-order valence-corrected chi connectivity index (χ1v) is 12.4. The largest absolute Gasteiger partial charge is 0.381 e. The van der Waals surface area contributed by atoms with Crippen LogP contribution in [0.4, 0.5) is 0 Å². The Morgan fingerprint density at radius 3 is 2.53 bits per heavy atom. The Balaban J connectivity index is 1.15. The van der Waals surface area contributed by atoms with E-state index >= 15 is 0 Å². The van der Waals surface area contributed by atoms with Gasteiger partial charge in [0, 0.05) is 49.7 Å². The topological polar surface area (TPSA) is 54.0 Å². The molecule has 0 atom stereocenters. The molecule has 1 N–H and O–H groups in total. The van der Waals surface area contributed by atoms with Gasteiger partial charge < -0.3 is 14.5 Å². The van der Waals surface area contributed by atoms with Crippen LogP contribution in [0.25, 0.3) is 5.70 Å². The van der Waals surface area contributed by atoms with E-state index in [2.05, 4.69) is 45.6 Å². The van der Waals surface area contributed by atoms with Crippen LogP contribution < -0.4 is 5.48 Å². The van der Waals surface area contributed by atoms with E-state index in [1.807, 2.05) is 0 Å². The lowest BCUT2D eigenvalue weighted by atomic mass is 9.74. The summed E-state index contributed by atoms with van der Waals surface area (Å²) < 4.78 is 5.49. The molecule has 174 valence electrons. The monoisotopic (exact) mass is 439 g/mol. The van der Waals surface area contributed by atoms with Crippen molar-refractivity contribution in [2.75, 3.05) is 53.0 Å². The molecule has 6 heteroatoms. The molecule has 1 aromatic carbocycles. The standard InChI is InChI=1S/C26H37N3O3/c1-31-27-24-18-26(23-5-3-2-4-22(23)24)10-14-29(15-11-26)25(30)21-6-12-28(13-7-21)19-20-8-16-32-17-9-20/h2-5,18,20-21,27H,6-17,19H2,1H3. The van der Waals surface area contributed by atoms with E-state index in [1.54, 1.807) is 7.11 Å². The van der Waals surface area contributed by atoms with Gasteiger partial charge in [-0.2, -0.15) is 0 Å². The third-order valence-corrected chi connectivity index (χ3v) is 8.15. The van der Waals surface area contributed by atoms with Crippen molar-refractivity contribution in [3.05, 3.63) is 41.5 Å². The molecule has 0 bridgehead atoms. The molecule has 1 aliphatic carbocycles. The molecule has 0 aromatic heterocycles. The van der Waals surface area contributed by atoms with E-state index < -0.39 is 0 Å². The van der Waals surface area contributed by atoms with E-state index in [4.69, 9.17) is 9.57 Å². The molecule has 0 unspecified atom stereocenters. The van der Waals surface area contributed by atoms with Gasteiger partial charge in [-0.1, -0.05) is 24.3 Å². The van der Waals surface area contributed by atoms with Crippen molar-refractivity contribution in [2.45, 2.75) is 43.9 Å². The van der Waals surface area contributed by atoms with Crippen molar-refractivity contribution in [2.24, 2.45) is 11.8 Å². The number of carbonyl (C=O) groups excluding carboxylic acids is 1. The van der Waals surface area contributed by atoms with Gasteiger partial charge in [0.15, 0.2) is 0 Å². The number of hydroxylamine groups is 1. The first-order chi connectivity index (χ1) is 15.7. The average molecular weight is 440 g/mol. The number of rotatable bonds is 5.